The van der Waals surface area contributed by atoms with Gasteiger partial charge in [0.15, 0.2) is 0 Å². The highest BCUT2D eigenvalue weighted by Gasteiger charge is 2.34. The van der Waals surface area contributed by atoms with Crippen LogP contribution >= 0.6 is 0 Å². The van der Waals surface area contributed by atoms with E-state index < -0.39 is 11.6 Å². The average molecular weight is 486 g/mol. The Kier molecular flexibility index (Phi) is 7.33. The van der Waals surface area contributed by atoms with Gasteiger partial charge in [0, 0.05) is 12.1 Å². The number of nitrogens with one attached hydrogen (secondary N) is 1. The van der Waals surface area contributed by atoms with E-state index in [1.807, 2.05) is 93.6 Å². The third kappa shape index (κ3) is 5.89. The number of hydrogen-bond donors (Lipinski definition) is 1. The zero-order chi connectivity index (χ0) is 25.7. The number of hydrogen-bond acceptors (Lipinski definition) is 5. The first-order valence-corrected chi connectivity index (χ1v) is 11.8. The number of ether oxygens (including phenoxy) is 1. The van der Waals surface area contributed by atoms with E-state index in [1.54, 1.807) is 22.8 Å². The summed E-state index contributed by atoms with van der Waals surface area (Å²) in [6.45, 7) is 5.93. The molecule has 1 heterocycles. The zero-order valence-corrected chi connectivity index (χ0v) is 21.0. The van der Waals surface area contributed by atoms with Crippen LogP contribution in [0, 0.1) is 0 Å². The molecule has 0 unspecified atom stereocenters. The van der Waals surface area contributed by atoms with Gasteiger partial charge >= 0.3 is 0 Å². The van der Waals surface area contributed by atoms with Crippen LogP contribution in [0.1, 0.15) is 37.9 Å². The number of carbonyl (C=O) groups is 2. The van der Waals surface area contributed by atoms with Gasteiger partial charge in [-0.15, -0.1) is 5.10 Å². The van der Waals surface area contributed by atoms with Crippen molar-refractivity contribution in [2.24, 2.45) is 0 Å². The van der Waals surface area contributed by atoms with Crippen molar-refractivity contribution in [3.63, 3.8) is 0 Å². The number of amides is 2. The predicted octanol–water partition coefficient (Wildman–Crippen LogP) is 4.12. The molecule has 4 rings (SSSR count). The minimum atomic E-state index is -0.887. The van der Waals surface area contributed by atoms with Crippen molar-refractivity contribution < 1.29 is 14.3 Å². The lowest BCUT2D eigenvalue weighted by atomic mass is 10.0. The third-order valence-electron chi connectivity index (χ3n) is 5.69. The van der Waals surface area contributed by atoms with Crippen molar-refractivity contribution in [3.05, 3.63) is 90.0 Å². The Labute approximate surface area is 210 Å². The topological polar surface area (TPSA) is 89.4 Å². The molecule has 1 atom stereocenters. The lowest BCUT2D eigenvalue weighted by Crippen LogP contribution is -2.49. The van der Waals surface area contributed by atoms with E-state index in [2.05, 4.69) is 15.6 Å². The third-order valence-corrected chi connectivity index (χ3v) is 5.69. The molecule has 4 aromatic rings. The Morgan fingerprint density at radius 3 is 2.44 bits per heavy atom. The van der Waals surface area contributed by atoms with E-state index in [0.717, 1.165) is 11.1 Å². The normalized spacial score (nSPS) is 12.2. The number of methoxy groups -OCH3 is 1. The molecule has 3 aromatic carbocycles. The zero-order valence-electron chi connectivity index (χ0n) is 21.0. The smallest absolute Gasteiger partial charge is 0.247 e. The highest BCUT2D eigenvalue weighted by molar-refractivity contribution is 5.89. The Bertz CT molecular complexity index is 1340. The molecular formula is C28H31N5O3. The van der Waals surface area contributed by atoms with Crippen LogP contribution in [-0.2, 0) is 22.7 Å². The number of para-hydroxylation sites is 1. The number of fused-ring (bicyclic) bond motifs is 1. The van der Waals surface area contributed by atoms with Crippen LogP contribution in [0.2, 0.25) is 0 Å². The van der Waals surface area contributed by atoms with E-state index in [0.29, 0.717) is 16.8 Å². The molecule has 0 spiro atoms. The largest absolute Gasteiger partial charge is 0.497 e. The maximum atomic E-state index is 13.9. The molecule has 0 fully saturated rings. The Morgan fingerprint density at radius 1 is 1.00 bits per heavy atom. The number of nitrogens with zero attached hydrogens (tertiary/aromatic N) is 4. The van der Waals surface area contributed by atoms with E-state index >= 15 is 0 Å². The second-order valence-electron chi connectivity index (χ2n) is 9.66. The monoisotopic (exact) mass is 485 g/mol. The van der Waals surface area contributed by atoms with E-state index in [9.17, 15) is 9.59 Å². The number of benzene rings is 3. The van der Waals surface area contributed by atoms with Gasteiger partial charge in [-0.05, 0) is 56.2 Å². The minimum absolute atomic E-state index is 0.0589. The summed E-state index contributed by atoms with van der Waals surface area (Å²) in [5.41, 5.74) is 2.53. The summed E-state index contributed by atoms with van der Waals surface area (Å²) < 4.78 is 6.99. The minimum Gasteiger partial charge on any atom is -0.497 e. The molecule has 1 N–H and O–H groups in total. The molecule has 0 saturated carbocycles. The van der Waals surface area contributed by atoms with Gasteiger partial charge < -0.3 is 15.0 Å². The van der Waals surface area contributed by atoms with Gasteiger partial charge in [-0.25, -0.2) is 4.68 Å². The highest BCUT2D eigenvalue weighted by Crippen LogP contribution is 2.28. The van der Waals surface area contributed by atoms with Crippen molar-refractivity contribution in [1.82, 2.24) is 25.2 Å². The van der Waals surface area contributed by atoms with Gasteiger partial charge in [-0.3, -0.25) is 9.59 Å². The SMILES string of the molecule is COc1cccc([C@@H](C(=O)NC(C)(C)C)N(Cc2ccccc2)C(=O)Cn2nnc3ccccc32)c1. The van der Waals surface area contributed by atoms with Crippen molar-refractivity contribution in [3.8, 4) is 5.75 Å². The standard InChI is InChI=1S/C28H31N5O3/c1-28(2,3)29-27(35)26(21-13-10-14-22(17-21)36-4)32(18-20-11-6-5-7-12-20)25(34)19-33-24-16-9-8-15-23(24)30-31-33/h5-17,26H,18-19H2,1-4H3,(H,29,35)/t26-/m0/s1. The van der Waals surface area contributed by atoms with Gasteiger partial charge in [0.1, 0.15) is 23.9 Å². The van der Waals surface area contributed by atoms with E-state index in [1.165, 1.54) is 0 Å². The van der Waals surface area contributed by atoms with Crippen LogP contribution in [0.4, 0.5) is 0 Å². The molecule has 8 nitrogen and oxygen atoms in total. The molecule has 0 aliphatic carbocycles. The summed E-state index contributed by atoms with van der Waals surface area (Å²) >= 11 is 0. The maximum Gasteiger partial charge on any atom is 0.247 e. The Balaban J connectivity index is 1.77. The van der Waals surface area contributed by atoms with Crippen LogP contribution in [0.5, 0.6) is 5.75 Å². The molecule has 1 aromatic heterocycles. The highest BCUT2D eigenvalue weighted by atomic mass is 16.5. The van der Waals surface area contributed by atoms with Crippen LogP contribution in [-0.4, -0.2) is 44.4 Å². The summed E-state index contributed by atoms with van der Waals surface area (Å²) in [6.07, 6.45) is 0. The molecule has 36 heavy (non-hydrogen) atoms. The molecule has 0 aliphatic heterocycles. The predicted molar refractivity (Wildman–Crippen MR) is 138 cm³/mol. The first-order valence-electron chi connectivity index (χ1n) is 11.8. The van der Waals surface area contributed by atoms with Gasteiger partial charge in [-0.2, -0.15) is 0 Å². The first kappa shape index (κ1) is 24.9. The Morgan fingerprint density at radius 2 is 1.72 bits per heavy atom. The van der Waals surface area contributed by atoms with Crippen LogP contribution in [0.25, 0.3) is 11.0 Å². The second-order valence-corrected chi connectivity index (χ2v) is 9.66. The summed E-state index contributed by atoms with van der Waals surface area (Å²) in [7, 11) is 1.58. The quantitative estimate of drug-likeness (QED) is 0.405. The van der Waals surface area contributed by atoms with Gasteiger partial charge in [0.25, 0.3) is 0 Å². The fourth-order valence-electron chi connectivity index (χ4n) is 4.08. The van der Waals surface area contributed by atoms with Crippen LogP contribution < -0.4 is 10.1 Å². The molecule has 0 bridgehead atoms. The van der Waals surface area contributed by atoms with E-state index in [4.69, 9.17) is 4.74 Å². The number of rotatable bonds is 8. The molecule has 2 amide bonds. The van der Waals surface area contributed by atoms with E-state index in [-0.39, 0.29) is 24.9 Å². The summed E-state index contributed by atoms with van der Waals surface area (Å²) in [6, 6.07) is 23.5. The number of aromatic nitrogens is 3. The lowest BCUT2D eigenvalue weighted by molar-refractivity contribution is -0.142. The van der Waals surface area contributed by atoms with Crippen LogP contribution in [0.3, 0.4) is 0 Å². The molecule has 0 radical (unpaired) electrons. The first-order chi connectivity index (χ1) is 17.2. The Hall–Kier alpha value is -4.20. The number of carbonyl (C=O) groups excluding carboxylic acids is 2. The second kappa shape index (κ2) is 10.6. The molecule has 8 heteroatoms. The molecule has 0 aliphatic rings. The van der Waals surface area contributed by atoms with Gasteiger partial charge in [-0.1, -0.05) is 59.8 Å². The van der Waals surface area contributed by atoms with Crippen molar-refractivity contribution >= 4 is 22.8 Å². The van der Waals surface area contributed by atoms with Crippen LogP contribution in [0.15, 0.2) is 78.9 Å². The summed E-state index contributed by atoms with van der Waals surface area (Å²) in [5.74, 6) is 0.0744. The fraction of sp³-hybridized carbons (Fsp3) is 0.286. The fourth-order valence-corrected chi connectivity index (χ4v) is 4.08. The molecular weight excluding hydrogens is 454 g/mol. The van der Waals surface area contributed by atoms with Gasteiger partial charge in [0.05, 0.1) is 12.6 Å². The molecule has 0 saturated heterocycles. The summed E-state index contributed by atoms with van der Waals surface area (Å²) in [4.78, 5) is 29.3. The lowest BCUT2D eigenvalue weighted by Gasteiger charge is -2.34. The maximum absolute atomic E-state index is 13.9. The average Bonchev–Trinajstić information content (AvgIpc) is 3.26. The van der Waals surface area contributed by atoms with Crippen molar-refractivity contribution in [1.29, 1.82) is 0 Å². The van der Waals surface area contributed by atoms with Crippen molar-refractivity contribution in [2.45, 2.75) is 45.4 Å². The van der Waals surface area contributed by atoms with Gasteiger partial charge in [0.2, 0.25) is 11.8 Å². The van der Waals surface area contributed by atoms with Crippen molar-refractivity contribution in [2.75, 3.05) is 7.11 Å². The molecule has 186 valence electrons. The summed E-state index contributed by atoms with van der Waals surface area (Å²) in [5, 5.41) is 11.4.